The second-order valence-electron chi connectivity index (χ2n) is 4.47. The van der Waals surface area contributed by atoms with Gasteiger partial charge in [0.05, 0.1) is 0 Å². The van der Waals surface area contributed by atoms with Crippen molar-refractivity contribution in [2.24, 2.45) is 0 Å². The van der Waals surface area contributed by atoms with Crippen molar-refractivity contribution >= 4 is 17.9 Å². The largest absolute Gasteiger partial charge is 0.480 e. The third-order valence-corrected chi connectivity index (χ3v) is 3.82. The molecule has 0 spiro atoms. The summed E-state index contributed by atoms with van der Waals surface area (Å²) in [6.07, 6.45) is 0.484. The predicted octanol–water partition coefficient (Wildman–Crippen LogP) is 3.12. The molecule has 0 unspecified atom stereocenters. The Kier molecular flexibility index (Phi) is 5.65. The molecule has 0 bridgehead atoms. The van der Waals surface area contributed by atoms with Crippen LogP contribution in [0.1, 0.15) is 11.1 Å². The highest BCUT2D eigenvalue weighted by atomic mass is 32.2. The molecule has 0 saturated carbocycles. The van der Waals surface area contributed by atoms with E-state index in [1.54, 1.807) is 0 Å². The van der Waals surface area contributed by atoms with Gasteiger partial charge in [0.15, 0.2) is 0 Å². The first kappa shape index (κ1) is 14.6. The lowest BCUT2D eigenvalue weighted by Crippen LogP contribution is -2.34. The average molecular weight is 287 g/mol. The first-order valence-corrected chi connectivity index (χ1v) is 7.42. The van der Waals surface area contributed by atoms with E-state index in [0.717, 1.165) is 11.3 Å². The van der Waals surface area contributed by atoms with E-state index in [1.165, 1.54) is 17.5 Å². The van der Waals surface area contributed by atoms with E-state index in [0.29, 0.717) is 6.42 Å². The summed E-state index contributed by atoms with van der Waals surface area (Å²) in [6.45, 7) is 0. The Hall–Kier alpha value is -1.78. The summed E-state index contributed by atoms with van der Waals surface area (Å²) >= 11 is 1.43. The van der Waals surface area contributed by atoms with Gasteiger partial charge in [-0.2, -0.15) is 0 Å². The zero-order chi connectivity index (χ0) is 14.2. The number of hydrogen-bond donors (Lipinski definition) is 2. The van der Waals surface area contributed by atoms with Crippen molar-refractivity contribution in [3.63, 3.8) is 0 Å². The van der Waals surface area contributed by atoms with Crippen molar-refractivity contribution in [3.8, 4) is 0 Å². The molecule has 2 rings (SSSR count). The Morgan fingerprint density at radius 2 is 1.55 bits per heavy atom. The lowest BCUT2D eigenvalue weighted by molar-refractivity contribution is -0.138. The monoisotopic (exact) mass is 287 g/mol. The highest BCUT2D eigenvalue weighted by Gasteiger charge is 2.17. The molecule has 1 atom stereocenters. The van der Waals surface area contributed by atoms with Gasteiger partial charge in [0.25, 0.3) is 0 Å². The van der Waals surface area contributed by atoms with Gasteiger partial charge in [-0.3, -0.25) is 4.79 Å². The maximum Gasteiger partial charge on any atom is 0.321 e. The van der Waals surface area contributed by atoms with E-state index < -0.39 is 12.0 Å². The normalized spacial score (nSPS) is 12.0. The standard InChI is InChI=1S/C16H17NO2S/c18-16(19)15(11-13-7-3-1-4-8-13)17-20-12-14-9-5-2-6-10-14/h1-10,15,17H,11-12H2,(H,18,19)/t15-/m0/s1. The van der Waals surface area contributed by atoms with E-state index in [9.17, 15) is 9.90 Å². The predicted molar refractivity (Wildman–Crippen MR) is 82.4 cm³/mol. The van der Waals surface area contributed by atoms with Crippen molar-refractivity contribution in [3.05, 3.63) is 71.8 Å². The number of carboxylic acid groups (broad SMARTS) is 1. The van der Waals surface area contributed by atoms with Crippen molar-refractivity contribution in [2.45, 2.75) is 18.2 Å². The summed E-state index contributed by atoms with van der Waals surface area (Å²) in [5, 5.41) is 9.26. The summed E-state index contributed by atoms with van der Waals surface area (Å²) in [5.74, 6) is -0.0752. The van der Waals surface area contributed by atoms with Crippen LogP contribution in [0.5, 0.6) is 0 Å². The Bertz CT molecular complexity index is 531. The Morgan fingerprint density at radius 3 is 2.10 bits per heavy atom. The van der Waals surface area contributed by atoms with Gasteiger partial charge in [0.2, 0.25) is 0 Å². The fourth-order valence-corrected chi connectivity index (χ4v) is 2.66. The number of benzene rings is 2. The molecule has 0 aliphatic carbocycles. The molecule has 0 saturated heterocycles. The number of aliphatic carboxylic acids is 1. The van der Waals surface area contributed by atoms with Crippen LogP contribution in [0.3, 0.4) is 0 Å². The first-order valence-electron chi connectivity index (χ1n) is 6.43. The van der Waals surface area contributed by atoms with Gasteiger partial charge in [-0.05, 0) is 17.5 Å². The molecular formula is C16H17NO2S. The van der Waals surface area contributed by atoms with Crippen molar-refractivity contribution in [2.75, 3.05) is 0 Å². The maximum atomic E-state index is 11.3. The van der Waals surface area contributed by atoms with Crippen LogP contribution in [-0.2, 0) is 17.0 Å². The third kappa shape index (κ3) is 4.72. The minimum Gasteiger partial charge on any atom is -0.480 e. The third-order valence-electron chi connectivity index (χ3n) is 2.89. The fourth-order valence-electron chi connectivity index (χ4n) is 1.83. The fraction of sp³-hybridized carbons (Fsp3) is 0.188. The molecule has 0 amide bonds. The van der Waals surface area contributed by atoms with Gasteiger partial charge in [-0.25, -0.2) is 4.72 Å². The number of hydrogen-bond acceptors (Lipinski definition) is 3. The average Bonchev–Trinajstić information content (AvgIpc) is 2.48. The topological polar surface area (TPSA) is 49.3 Å². The highest BCUT2D eigenvalue weighted by Crippen LogP contribution is 2.11. The van der Waals surface area contributed by atoms with Gasteiger partial charge in [-0.15, -0.1) is 0 Å². The smallest absolute Gasteiger partial charge is 0.321 e. The van der Waals surface area contributed by atoms with Crippen molar-refractivity contribution in [1.29, 1.82) is 0 Å². The minimum absolute atomic E-state index is 0.484. The van der Waals surface area contributed by atoms with Crippen LogP contribution in [0.4, 0.5) is 0 Å². The minimum atomic E-state index is -0.825. The highest BCUT2D eigenvalue weighted by molar-refractivity contribution is 7.96. The molecule has 3 nitrogen and oxygen atoms in total. The summed E-state index contributed by atoms with van der Waals surface area (Å²) in [6, 6.07) is 19.1. The van der Waals surface area contributed by atoms with Gasteiger partial charge >= 0.3 is 5.97 Å². The van der Waals surface area contributed by atoms with Crippen LogP contribution in [0.25, 0.3) is 0 Å². The second-order valence-corrected chi connectivity index (χ2v) is 5.29. The molecule has 0 radical (unpaired) electrons. The van der Waals surface area contributed by atoms with E-state index in [2.05, 4.69) is 4.72 Å². The van der Waals surface area contributed by atoms with Crippen LogP contribution in [0, 0.1) is 0 Å². The molecule has 2 aromatic carbocycles. The van der Waals surface area contributed by atoms with E-state index in [-0.39, 0.29) is 0 Å². The molecule has 2 N–H and O–H groups in total. The van der Waals surface area contributed by atoms with Gasteiger partial charge in [0.1, 0.15) is 6.04 Å². The molecule has 20 heavy (non-hydrogen) atoms. The molecule has 4 heteroatoms. The zero-order valence-corrected chi connectivity index (χ0v) is 11.8. The summed E-state index contributed by atoms with van der Waals surface area (Å²) < 4.78 is 3.03. The Labute approximate surface area is 123 Å². The van der Waals surface area contributed by atoms with Crippen LogP contribution in [0.2, 0.25) is 0 Å². The summed E-state index contributed by atoms with van der Waals surface area (Å²) in [7, 11) is 0. The van der Waals surface area contributed by atoms with E-state index in [1.807, 2.05) is 60.7 Å². The van der Waals surface area contributed by atoms with Crippen LogP contribution in [0.15, 0.2) is 60.7 Å². The Balaban J connectivity index is 1.85. The Morgan fingerprint density at radius 1 is 1.00 bits per heavy atom. The molecule has 2 aromatic rings. The van der Waals surface area contributed by atoms with Gasteiger partial charge < -0.3 is 5.11 Å². The molecule has 0 aromatic heterocycles. The summed E-state index contributed by atoms with van der Waals surface area (Å²) in [4.78, 5) is 11.3. The zero-order valence-electron chi connectivity index (χ0n) is 11.0. The number of carbonyl (C=O) groups is 1. The second kappa shape index (κ2) is 7.72. The van der Waals surface area contributed by atoms with E-state index >= 15 is 0 Å². The molecule has 0 aliphatic heterocycles. The lowest BCUT2D eigenvalue weighted by Gasteiger charge is -2.13. The van der Waals surface area contributed by atoms with Crippen LogP contribution in [-0.4, -0.2) is 17.1 Å². The van der Waals surface area contributed by atoms with Gasteiger partial charge in [-0.1, -0.05) is 72.6 Å². The SMILES string of the molecule is O=C(O)[C@H](Cc1ccccc1)NSCc1ccccc1. The van der Waals surface area contributed by atoms with Crippen LogP contribution >= 0.6 is 11.9 Å². The number of rotatable bonds is 7. The van der Waals surface area contributed by atoms with Crippen molar-refractivity contribution < 1.29 is 9.90 Å². The molecule has 0 aliphatic rings. The first-order chi connectivity index (χ1) is 9.75. The maximum absolute atomic E-state index is 11.3. The number of nitrogens with one attached hydrogen (secondary N) is 1. The van der Waals surface area contributed by atoms with Crippen LogP contribution < -0.4 is 4.72 Å². The number of carboxylic acids is 1. The van der Waals surface area contributed by atoms with Crippen molar-refractivity contribution in [1.82, 2.24) is 4.72 Å². The van der Waals surface area contributed by atoms with E-state index in [4.69, 9.17) is 0 Å². The molecule has 104 valence electrons. The van der Waals surface area contributed by atoms with Gasteiger partial charge in [0, 0.05) is 5.75 Å². The molecular weight excluding hydrogens is 270 g/mol. The quantitative estimate of drug-likeness (QED) is 0.768. The summed E-state index contributed by atoms with van der Waals surface area (Å²) in [5.41, 5.74) is 2.20. The lowest BCUT2D eigenvalue weighted by atomic mass is 10.1. The molecule has 0 heterocycles. The molecule has 0 fully saturated rings.